The third-order valence-electron chi connectivity index (χ3n) is 5.42. The van der Waals surface area contributed by atoms with Crippen LogP contribution in [-0.2, 0) is 23.8 Å². The van der Waals surface area contributed by atoms with E-state index >= 15 is 0 Å². The Balaban J connectivity index is 1.71. The highest BCUT2D eigenvalue weighted by Crippen LogP contribution is 2.32. The maximum absolute atomic E-state index is 12.1. The molecule has 6 heteroatoms. The number of carbonyl (C=O) groups excluding carboxylic acids is 2. The number of carbonyl (C=O) groups is 2. The summed E-state index contributed by atoms with van der Waals surface area (Å²) >= 11 is 0. The summed E-state index contributed by atoms with van der Waals surface area (Å²) in [5.74, 6) is -0.772. The maximum Gasteiger partial charge on any atom is 0.306 e. The molecule has 0 aromatic heterocycles. The molecular formula is C20H34O6. The van der Waals surface area contributed by atoms with Crippen LogP contribution in [0.4, 0.5) is 0 Å². The molecule has 150 valence electrons. The van der Waals surface area contributed by atoms with Gasteiger partial charge in [-0.15, -0.1) is 0 Å². The van der Waals surface area contributed by atoms with Gasteiger partial charge in [-0.25, -0.2) is 0 Å². The number of aliphatic hydroxyl groups is 1. The number of hydrogen-bond donors (Lipinski definition) is 1. The van der Waals surface area contributed by atoms with Crippen LogP contribution in [0.3, 0.4) is 0 Å². The van der Waals surface area contributed by atoms with Gasteiger partial charge >= 0.3 is 11.9 Å². The number of hydrogen-bond acceptors (Lipinski definition) is 6. The first kappa shape index (κ1) is 21.2. The normalized spacial score (nSPS) is 30.9. The van der Waals surface area contributed by atoms with Gasteiger partial charge in [-0.1, -0.05) is 25.7 Å². The van der Waals surface area contributed by atoms with Crippen molar-refractivity contribution in [2.24, 2.45) is 0 Å². The van der Waals surface area contributed by atoms with E-state index in [9.17, 15) is 14.7 Å². The topological polar surface area (TPSA) is 82.1 Å². The molecule has 1 saturated carbocycles. The first-order chi connectivity index (χ1) is 12.4. The molecule has 1 heterocycles. The summed E-state index contributed by atoms with van der Waals surface area (Å²) < 4.78 is 16.7. The minimum absolute atomic E-state index is 0.00204. The third-order valence-corrected chi connectivity index (χ3v) is 5.42. The highest BCUT2D eigenvalue weighted by Gasteiger charge is 2.45. The van der Waals surface area contributed by atoms with Crippen LogP contribution < -0.4 is 0 Å². The summed E-state index contributed by atoms with van der Waals surface area (Å²) in [5, 5.41) is 9.50. The SMILES string of the molecule is C[C@H]1CC(OC(=O)CCC(=O)OC2CCCCCCCC2)C(C)(CO)O1. The summed E-state index contributed by atoms with van der Waals surface area (Å²) in [6, 6.07) is 0. The van der Waals surface area contributed by atoms with E-state index in [0.717, 1.165) is 25.7 Å². The highest BCUT2D eigenvalue weighted by atomic mass is 16.6. The first-order valence-corrected chi connectivity index (χ1v) is 10.1. The lowest BCUT2D eigenvalue weighted by atomic mass is 9.99. The Hall–Kier alpha value is -1.14. The number of rotatable bonds is 6. The predicted molar refractivity (Wildman–Crippen MR) is 96.6 cm³/mol. The minimum Gasteiger partial charge on any atom is -0.462 e. The van der Waals surface area contributed by atoms with Gasteiger partial charge in [0.2, 0.25) is 0 Å². The van der Waals surface area contributed by atoms with Crippen molar-refractivity contribution in [2.75, 3.05) is 6.61 Å². The van der Waals surface area contributed by atoms with E-state index < -0.39 is 17.7 Å². The van der Waals surface area contributed by atoms with E-state index in [4.69, 9.17) is 14.2 Å². The van der Waals surface area contributed by atoms with Crippen molar-refractivity contribution in [3.05, 3.63) is 0 Å². The molecule has 1 N–H and O–H groups in total. The number of esters is 2. The Kier molecular flexibility index (Phi) is 8.35. The summed E-state index contributed by atoms with van der Waals surface area (Å²) in [5.41, 5.74) is -0.868. The minimum atomic E-state index is -0.868. The summed E-state index contributed by atoms with van der Waals surface area (Å²) in [6.45, 7) is 3.41. The Morgan fingerprint density at radius 1 is 1.00 bits per heavy atom. The summed E-state index contributed by atoms with van der Waals surface area (Å²) in [4.78, 5) is 24.2. The van der Waals surface area contributed by atoms with Crippen LogP contribution in [0.5, 0.6) is 0 Å². The van der Waals surface area contributed by atoms with Gasteiger partial charge in [0.05, 0.1) is 25.6 Å². The molecule has 0 bridgehead atoms. The lowest BCUT2D eigenvalue weighted by molar-refractivity contribution is -0.165. The van der Waals surface area contributed by atoms with Crippen LogP contribution >= 0.6 is 0 Å². The molecule has 0 aromatic carbocycles. The first-order valence-electron chi connectivity index (χ1n) is 10.1. The Morgan fingerprint density at radius 3 is 2.12 bits per heavy atom. The fourth-order valence-electron chi connectivity index (χ4n) is 3.83. The zero-order valence-electron chi connectivity index (χ0n) is 16.2. The zero-order valence-corrected chi connectivity index (χ0v) is 16.2. The molecule has 1 saturated heterocycles. The van der Waals surface area contributed by atoms with Crippen molar-refractivity contribution in [1.82, 2.24) is 0 Å². The fraction of sp³-hybridized carbons (Fsp3) is 0.900. The van der Waals surface area contributed by atoms with Gasteiger partial charge in [-0.3, -0.25) is 9.59 Å². The maximum atomic E-state index is 12.1. The van der Waals surface area contributed by atoms with E-state index in [1.165, 1.54) is 25.7 Å². The van der Waals surface area contributed by atoms with E-state index in [1.807, 2.05) is 6.92 Å². The van der Waals surface area contributed by atoms with Gasteiger partial charge in [0, 0.05) is 6.42 Å². The molecule has 0 aromatic rings. The van der Waals surface area contributed by atoms with Gasteiger partial charge in [0.15, 0.2) is 0 Å². The van der Waals surface area contributed by atoms with Crippen LogP contribution in [0.25, 0.3) is 0 Å². The summed E-state index contributed by atoms with van der Waals surface area (Å²) in [6.07, 6.45) is 8.98. The van der Waals surface area contributed by atoms with E-state index in [0.29, 0.717) is 6.42 Å². The molecule has 1 aliphatic heterocycles. The second-order valence-corrected chi connectivity index (χ2v) is 7.92. The smallest absolute Gasteiger partial charge is 0.306 e. The number of ether oxygens (including phenoxy) is 3. The fourth-order valence-corrected chi connectivity index (χ4v) is 3.83. The van der Waals surface area contributed by atoms with Crippen LogP contribution in [0.15, 0.2) is 0 Å². The van der Waals surface area contributed by atoms with Crippen molar-refractivity contribution in [3.63, 3.8) is 0 Å². The van der Waals surface area contributed by atoms with Crippen LogP contribution in [-0.4, -0.2) is 47.6 Å². The van der Waals surface area contributed by atoms with Gasteiger partial charge in [0.1, 0.15) is 17.8 Å². The molecule has 0 amide bonds. The van der Waals surface area contributed by atoms with Crippen LogP contribution in [0.1, 0.15) is 84.5 Å². The molecule has 0 spiro atoms. The average Bonchev–Trinajstić information content (AvgIpc) is 2.95. The van der Waals surface area contributed by atoms with Crippen molar-refractivity contribution >= 4 is 11.9 Å². The predicted octanol–water partition coefficient (Wildman–Crippen LogP) is 3.28. The van der Waals surface area contributed by atoms with Crippen molar-refractivity contribution in [1.29, 1.82) is 0 Å². The monoisotopic (exact) mass is 370 g/mol. The second-order valence-electron chi connectivity index (χ2n) is 7.92. The molecule has 2 fully saturated rings. The average molecular weight is 370 g/mol. The molecule has 26 heavy (non-hydrogen) atoms. The largest absolute Gasteiger partial charge is 0.462 e. The van der Waals surface area contributed by atoms with Gasteiger partial charge in [-0.05, 0) is 39.5 Å². The van der Waals surface area contributed by atoms with Crippen molar-refractivity contribution in [2.45, 2.75) is 108 Å². The molecule has 1 aliphatic carbocycles. The standard InChI is InChI=1S/C20H34O6/c1-15-13-17(20(2,14-21)26-15)25-19(23)12-11-18(22)24-16-9-7-5-3-4-6-8-10-16/h15-17,21H,3-14H2,1-2H3/t15-,17?,20?/m0/s1. The van der Waals surface area contributed by atoms with Crippen LogP contribution in [0.2, 0.25) is 0 Å². The molecular weight excluding hydrogens is 336 g/mol. The lowest BCUT2D eigenvalue weighted by Crippen LogP contribution is -2.42. The summed E-state index contributed by atoms with van der Waals surface area (Å²) in [7, 11) is 0. The zero-order chi connectivity index (χ0) is 19.0. The second kappa shape index (κ2) is 10.3. The molecule has 2 unspecified atom stereocenters. The van der Waals surface area contributed by atoms with Gasteiger partial charge < -0.3 is 19.3 Å². The Bertz CT molecular complexity index is 455. The van der Waals surface area contributed by atoms with Gasteiger partial charge in [0.25, 0.3) is 0 Å². The van der Waals surface area contributed by atoms with E-state index in [1.54, 1.807) is 6.92 Å². The quantitative estimate of drug-likeness (QED) is 0.723. The van der Waals surface area contributed by atoms with Gasteiger partial charge in [-0.2, -0.15) is 0 Å². The molecule has 2 aliphatic rings. The Labute approximate surface area is 156 Å². The molecule has 3 atom stereocenters. The Morgan fingerprint density at radius 2 is 1.54 bits per heavy atom. The van der Waals surface area contributed by atoms with Crippen molar-refractivity contribution in [3.8, 4) is 0 Å². The van der Waals surface area contributed by atoms with E-state index in [-0.39, 0.29) is 37.6 Å². The molecule has 6 nitrogen and oxygen atoms in total. The molecule has 2 rings (SSSR count). The third kappa shape index (κ3) is 6.54. The van der Waals surface area contributed by atoms with E-state index in [2.05, 4.69) is 0 Å². The number of aliphatic hydroxyl groups excluding tert-OH is 1. The highest BCUT2D eigenvalue weighted by molar-refractivity contribution is 5.77. The van der Waals surface area contributed by atoms with Crippen LogP contribution in [0, 0.1) is 0 Å². The molecule has 0 radical (unpaired) electrons. The van der Waals surface area contributed by atoms with Crippen molar-refractivity contribution < 1.29 is 28.9 Å². The lowest BCUT2D eigenvalue weighted by Gasteiger charge is -2.27.